The van der Waals surface area contributed by atoms with E-state index in [4.69, 9.17) is 26.5 Å². The fraction of sp³-hybridized carbons (Fsp3) is 0.448. The van der Waals surface area contributed by atoms with Gasteiger partial charge >= 0.3 is 5.97 Å². The Morgan fingerprint density at radius 3 is 2.63 bits per heavy atom. The molecule has 3 aromatic rings. The summed E-state index contributed by atoms with van der Waals surface area (Å²) in [6.45, 7) is -0.0845. The molecule has 2 atom stereocenters. The number of ether oxygens (including phenoxy) is 1. The second kappa shape index (κ2) is 10.1. The largest absolute Gasteiger partial charge is 0.469 e. The summed E-state index contributed by atoms with van der Waals surface area (Å²) < 4.78 is 57.0. The molecule has 0 saturated heterocycles. The number of nitrogens with zero attached hydrogens (tertiary/aromatic N) is 3. The molecule has 216 valence electrons. The van der Waals surface area contributed by atoms with Crippen LogP contribution in [-0.4, -0.2) is 35.2 Å². The minimum atomic E-state index is -3.56. The Labute approximate surface area is 239 Å². The van der Waals surface area contributed by atoms with Crippen LogP contribution in [0.25, 0.3) is 11.5 Å². The molecule has 2 bridgehead atoms. The molecule has 12 heteroatoms. The molecule has 1 aliphatic heterocycles. The number of methoxy groups -OCH3 is 1. The highest BCUT2D eigenvalue weighted by Crippen LogP contribution is 2.56. The van der Waals surface area contributed by atoms with Crippen molar-refractivity contribution in [3.8, 4) is 11.5 Å². The highest BCUT2D eigenvalue weighted by molar-refractivity contribution is 6.30. The number of carbonyl (C=O) groups excluding carboxylic acids is 2. The third-order valence-corrected chi connectivity index (χ3v) is 8.93. The van der Waals surface area contributed by atoms with E-state index in [0.717, 1.165) is 36.3 Å². The van der Waals surface area contributed by atoms with Crippen LogP contribution in [0.15, 0.2) is 40.8 Å². The maximum Gasteiger partial charge on any atom is 0.308 e. The summed E-state index contributed by atoms with van der Waals surface area (Å²) in [5.74, 6) is -5.25. The van der Waals surface area contributed by atoms with Crippen molar-refractivity contribution in [2.75, 3.05) is 12.0 Å². The van der Waals surface area contributed by atoms with Crippen molar-refractivity contribution in [2.24, 2.45) is 17.6 Å². The molecule has 3 aliphatic carbocycles. The second-order valence-electron chi connectivity index (χ2n) is 11.4. The van der Waals surface area contributed by atoms with Gasteiger partial charge in [0.25, 0.3) is 11.8 Å². The number of rotatable bonds is 5. The molecule has 4 aliphatic rings. The van der Waals surface area contributed by atoms with Gasteiger partial charge in [0.05, 0.1) is 36.9 Å². The SMILES string of the molecule is COC(=O)C1CCC2(c3nnc(-c4cc5c(cc4F)C(F)(F)C[C@H](N)C(=O)N5Cc4ccc(Cl)cc4)o3)CC(C1)C2. The van der Waals surface area contributed by atoms with Gasteiger partial charge in [0, 0.05) is 22.4 Å². The van der Waals surface area contributed by atoms with Gasteiger partial charge in [-0.1, -0.05) is 23.7 Å². The normalized spacial score (nSPS) is 26.9. The van der Waals surface area contributed by atoms with Crippen molar-refractivity contribution in [3.05, 3.63) is 64.3 Å². The van der Waals surface area contributed by atoms with E-state index in [0.29, 0.717) is 35.2 Å². The van der Waals surface area contributed by atoms with E-state index >= 15 is 13.2 Å². The van der Waals surface area contributed by atoms with Gasteiger partial charge in [-0.3, -0.25) is 9.59 Å². The molecule has 2 aromatic carbocycles. The minimum absolute atomic E-state index is 0.0845. The molecule has 1 amide bonds. The number of esters is 1. The highest BCUT2D eigenvalue weighted by Gasteiger charge is 2.53. The van der Waals surface area contributed by atoms with Gasteiger partial charge < -0.3 is 19.8 Å². The minimum Gasteiger partial charge on any atom is -0.469 e. The Balaban J connectivity index is 1.37. The molecule has 0 spiro atoms. The molecule has 3 fully saturated rings. The lowest BCUT2D eigenvalue weighted by Gasteiger charge is -2.43. The molecule has 41 heavy (non-hydrogen) atoms. The summed E-state index contributed by atoms with van der Waals surface area (Å²) >= 11 is 5.98. The third kappa shape index (κ3) is 4.88. The fourth-order valence-electron chi connectivity index (χ4n) is 6.57. The number of aromatic nitrogens is 2. The van der Waals surface area contributed by atoms with Crippen molar-refractivity contribution >= 4 is 29.2 Å². The monoisotopic (exact) mass is 588 g/mol. The van der Waals surface area contributed by atoms with Gasteiger partial charge in [0.2, 0.25) is 11.8 Å². The Morgan fingerprint density at radius 1 is 1.20 bits per heavy atom. The maximum atomic E-state index is 15.5. The number of amides is 1. The summed E-state index contributed by atoms with van der Waals surface area (Å²) in [4.78, 5) is 26.5. The predicted molar refractivity (Wildman–Crippen MR) is 143 cm³/mol. The zero-order chi connectivity index (χ0) is 29.1. The van der Waals surface area contributed by atoms with E-state index < -0.39 is 41.1 Å². The second-order valence-corrected chi connectivity index (χ2v) is 11.8. The number of nitrogens with two attached hydrogens (primary N) is 1. The van der Waals surface area contributed by atoms with E-state index in [1.165, 1.54) is 7.11 Å². The standard InChI is InChI=1S/C29H28ClF3N4O4/c1-40-26(39)17-6-7-28(11-16(8-17)12-28)27-36-35-24(41-27)19-9-23-20(10-21(19)31)29(32,33)13-22(34)25(38)37(23)14-15-2-4-18(30)5-3-15/h2-5,9-10,16-17,22H,6-8,11-14,34H2,1H3/t16?,17?,22-,28?/m0/s1. The number of anilines is 1. The summed E-state index contributed by atoms with van der Waals surface area (Å²) in [5.41, 5.74) is 5.05. The van der Waals surface area contributed by atoms with Crippen LogP contribution in [0.2, 0.25) is 5.02 Å². The van der Waals surface area contributed by atoms with Gasteiger partial charge in [-0.05, 0) is 67.9 Å². The molecule has 0 radical (unpaired) electrons. The lowest BCUT2D eigenvalue weighted by atomic mass is 9.61. The Morgan fingerprint density at radius 2 is 1.93 bits per heavy atom. The van der Waals surface area contributed by atoms with E-state index in [2.05, 4.69) is 10.2 Å². The van der Waals surface area contributed by atoms with Gasteiger partial charge in [0.1, 0.15) is 5.82 Å². The highest BCUT2D eigenvalue weighted by atomic mass is 35.5. The molecule has 2 heterocycles. The first-order valence-electron chi connectivity index (χ1n) is 13.4. The number of benzene rings is 2. The molecule has 1 unspecified atom stereocenters. The van der Waals surface area contributed by atoms with Gasteiger partial charge in [-0.2, -0.15) is 0 Å². The quantitative estimate of drug-likeness (QED) is 0.391. The van der Waals surface area contributed by atoms with Crippen molar-refractivity contribution in [1.29, 1.82) is 0 Å². The summed E-state index contributed by atoms with van der Waals surface area (Å²) in [5, 5.41) is 8.77. The number of hydrogen-bond donors (Lipinski definition) is 1. The van der Waals surface area contributed by atoms with Crippen LogP contribution in [0.4, 0.5) is 18.9 Å². The summed E-state index contributed by atoms with van der Waals surface area (Å²) in [6, 6.07) is 6.96. The van der Waals surface area contributed by atoms with Crippen LogP contribution < -0.4 is 10.6 Å². The zero-order valence-corrected chi connectivity index (χ0v) is 23.0. The van der Waals surface area contributed by atoms with Crippen molar-refractivity contribution < 1.29 is 31.9 Å². The molecule has 1 aromatic heterocycles. The molecule has 3 saturated carbocycles. The van der Waals surface area contributed by atoms with Crippen LogP contribution in [0.1, 0.15) is 55.5 Å². The average Bonchev–Trinajstić information content (AvgIpc) is 3.21. The first kappa shape index (κ1) is 27.7. The number of carbonyl (C=O) groups is 2. The number of hydrogen-bond acceptors (Lipinski definition) is 7. The predicted octanol–water partition coefficient (Wildman–Crippen LogP) is 5.51. The average molecular weight is 589 g/mol. The number of fused-ring (bicyclic) bond motifs is 4. The maximum absolute atomic E-state index is 15.5. The van der Waals surface area contributed by atoms with Gasteiger partial charge in [0.15, 0.2) is 0 Å². The van der Waals surface area contributed by atoms with Crippen LogP contribution in [0, 0.1) is 17.7 Å². The fourth-order valence-corrected chi connectivity index (χ4v) is 6.69. The van der Waals surface area contributed by atoms with Crippen LogP contribution in [-0.2, 0) is 32.2 Å². The van der Waals surface area contributed by atoms with E-state index in [9.17, 15) is 9.59 Å². The lowest BCUT2D eigenvalue weighted by Crippen LogP contribution is -2.43. The molecule has 2 N–H and O–H groups in total. The van der Waals surface area contributed by atoms with Crippen molar-refractivity contribution in [1.82, 2.24) is 10.2 Å². The zero-order valence-electron chi connectivity index (χ0n) is 22.2. The van der Waals surface area contributed by atoms with Crippen molar-refractivity contribution in [3.63, 3.8) is 0 Å². The van der Waals surface area contributed by atoms with E-state index in [-0.39, 0.29) is 35.6 Å². The first-order chi connectivity index (χ1) is 19.5. The summed E-state index contributed by atoms with van der Waals surface area (Å²) in [6.07, 6.45) is 2.50. The number of alkyl halides is 2. The third-order valence-electron chi connectivity index (χ3n) is 8.68. The van der Waals surface area contributed by atoms with Gasteiger partial charge in [-0.25, -0.2) is 13.2 Å². The van der Waals surface area contributed by atoms with Crippen molar-refractivity contribution in [2.45, 2.75) is 62.4 Å². The first-order valence-corrected chi connectivity index (χ1v) is 13.8. The Hall–Kier alpha value is -3.44. The van der Waals surface area contributed by atoms with E-state index in [1.54, 1.807) is 24.3 Å². The molecular formula is C29H28ClF3N4O4. The Kier molecular flexibility index (Phi) is 6.85. The molecule has 7 rings (SSSR count). The Bertz CT molecular complexity index is 1510. The van der Waals surface area contributed by atoms with Crippen LogP contribution in [0.5, 0.6) is 0 Å². The summed E-state index contributed by atoms with van der Waals surface area (Å²) in [7, 11) is 1.38. The molecular weight excluding hydrogens is 561 g/mol. The molecule has 8 nitrogen and oxygen atoms in total. The van der Waals surface area contributed by atoms with Gasteiger partial charge in [-0.15, -0.1) is 10.2 Å². The van der Waals surface area contributed by atoms with Crippen LogP contribution >= 0.6 is 11.6 Å². The number of halogens is 4. The van der Waals surface area contributed by atoms with Crippen LogP contribution in [0.3, 0.4) is 0 Å². The topological polar surface area (TPSA) is 112 Å². The van der Waals surface area contributed by atoms with E-state index in [1.807, 2.05) is 0 Å². The smallest absolute Gasteiger partial charge is 0.308 e. The lowest BCUT2D eigenvalue weighted by molar-refractivity contribution is -0.146.